The van der Waals surface area contributed by atoms with Gasteiger partial charge in [-0.15, -0.1) is 21.5 Å². The third-order valence-electron chi connectivity index (χ3n) is 3.65. The average Bonchev–Trinajstić information content (AvgIpc) is 3.23. The van der Waals surface area contributed by atoms with Crippen molar-refractivity contribution in [3.63, 3.8) is 0 Å². The van der Waals surface area contributed by atoms with Crippen molar-refractivity contribution in [1.82, 2.24) is 24.1 Å². The molecule has 3 aromatic heterocycles. The van der Waals surface area contributed by atoms with Gasteiger partial charge in [-0.2, -0.15) is 0 Å². The molecule has 0 saturated carbocycles. The largest absolute Gasteiger partial charge is 0.311 e. The molecule has 0 unspecified atom stereocenters. The minimum absolute atomic E-state index is 0.820. The van der Waals surface area contributed by atoms with Gasteiger partial charge in [0.15, 0.2) is 5.16 Å². The molecule has 0 aliphatic rings. The highest BCUT2D eigenvalue weighted by atomic mass is 32.2. The van der Waals surface area contributed by atoms with Crippen molar-refractivity contribution in [2.45, 2.75) is 24.3 Å². The van der Waals surface area contributed by atoms with Crippen molar-refractivity contribution in [1.29, 1.82) is 0 Å². The van der Waals surface area contributed by atoms with Gasteiger partial charge in [0.25, 0.3) is 0 Å². The van der Waals surface area contributed by atoms with E-state index >= 15 is 0 Å². The van der Waals surface area contributed by atoms with Crippen LogP contribution < -0.4 is 0 Å². The minimum atomic E-state index is 0.820. The summed E-state index contributed by atoms with van der Waals surface area (Å²) in [7, 11) is 2.02. The Morgan fingerprint density at radius 1 is 1.18 bits per heavy atom. The highest BCUT2D eigenvalue weighted by molar-refractivity contribution is 7.98. The van der Waals surface area contributed by atoms with E-state index in [9.17, 15) is 0 Å². The van der Waals surface area contributed by atoms with Crippen molar-refractivity contribution in [3.05, 3.63) is 40.3 Å². The first-order chi connectivity index (χ1) is 10.8. The number of aromatic nitrogens is 5. The number of rotatable bonds is 4. The van der Waals surface area contributed by atoms with Gasteiger partial charge in [-0.3, -0.25) is 4.40 Å². The lowest BCUT2D eigenvalue weighted by Crippen LogP contribution is -1.88. The zero-order valence-corrected chi connectivity index (χ0v) is 14.0. The van der Waals surface area contributed by atoms with E-state index in [-0.39, 0.29) is 0 Å². The second-order valence-corrected chi connectivity index (χ2v) is 6.93. The van der Waals surface area contributed by atoms with Crippen LogP contribution in [0.25, 0.3) is 16.8 Å². The molecule has 3 heterocycles. The summed E-state index contributed by atoms with van der Waals surface area (Å²) in [6.07, 6.45) is 0.994. The van der Waals surface area contributed by atoms with Gasteiger partial charge >= 0.3 is 0 Å². The summed E-state index contributed by atoms with van der Waals surface area (Å²) in [5, 5.41) is 12.9. The topological polar surface area (TPSA) is 48.0 Å². The van der Waals surface area contributed by atoms with Crippen LogP contribution in [0.15, 0.2) is 34.8 Å². The lowest BCUT2D eigenvalue weighted by atomic mass is 10.3. The third kappa shape index (κ3) is 2.12. The number of nitrogens with zero attached hydrogens (tertiary/aromatic N) is 5. The van der Waals surface area contributed by atoms with E-state index in [0.29, 0.717) is 0 Å². The summed E-state index contributed by atoms with van der Waals surface area (Å²) < 4.78 is 4.19. The van der Waals surface area contributed by atoms with Crippen molar-refractivity contribution in [2.24, 2.45) is 7.05 Å². The van der Waals surface area contributed by atoms with Gasteiger partial charge in [-0.25, -0.2) is 4.98 Å². The molecule has 0 radical (unpaired) electrons. The van der Waals surface area contributed by atoms with Crippen molar-refractivity contribution in [2.75, 3.05) is 0 Å². The molecule has 0 saturated heterocycles. The summed E-state index contributed by atoms with van der Waals surface area (Å²) in [4.78, 5) is 4.61. The maximum absolute atomic E-state index is 4.61. The van der Waals surface area contributed by atoms with E-state index in [4.69, 9.17) is 0 Å². The number of hydrogen-bond donors (Lipinski definition) is 0. The van der Waals surface area contributed by atoms with E-state index in [2.05, 4.69) is 48.6 Å². The molecule has 0 spiro atoms. The van der Waals surface area contributed by atoms with Crippen molar-refractivity contribution >= 4 is 39.9 Å². The fourth-order valence-corrected chi connectivity index (χ4v) is 4.23. The zero-order chi connectivity index (χ0) is 15.1. The summed E-state index contributed by atoms with van der Waals surface area (Å²) in [5.41, 5.74) is 3.42. The van der Waals surface area contributed by atoms with Crippen LogP contribution in [0, 0.1) is 0 Å². The third-order valence-corrected chi connectivity index (χ3v) is 5.66. The Kier molecular flexibility index (Phi) is 3.38. The van der Waals surface area contributed by atoms with E-state index in [0.717, 1.165) is 39.8 Å². The zero-order valence-electron chi connectivity index (χ0n) is 12.4. The minimum Gasteiger partial charge on any atom is -0.311 e. The molecule has 5 nitrogen and oxygen atoms in total. The van der Waals surface area contributed by atoms with Gasteiger partial charge in [0.2, 0.25) is 5.78 Å². The van der Waals surface area contributed by atoms with Crippen LogP contribution in [0.1, 0.15) is 17.6 Å². The molecule has 22 heavy (non-hydrogen) atoms. The maximum Gasteiger partial charge on any atom is 0.236 e. The number of fused-ring (bicyclic) bond motifs is 3. The number of hydrogen-bond acceptors (Lipinski definition) is 5. The molecular formula is C15H15N5S2. The highest BCUT2D eigenvalue weighted by Crippen LogP contribution is 2.27. The van der Waals surface area contributed by atoms with E-state index < -0.39 is 0 Å². The molecule has 7 heteroatoms. The summed E-state index contributed by atoms with van der Waals surface area (Å²) in [6.45, 7) is 2.13. The van der Waals surface area contributed by atoms with Crippen LogP contribution in [-0.2, 0) is 19.2 Å². The highest BCUT2D eigenvalue weighted by Gasteiger charge is 2.15. The van der Waals surface area contributed by atoms with Gasteiger partial charge in [0.05, 0.1) is 21.7 Å². The van der Waals surface area contributed by atoms with Gasteiger partial charge < -0.3 is 4.57 Å². The molecule has 0 aliphatic heterocycles. The maximum atomic E-state index is 4.61. The molecule has 0 atom stereocenters. The first-order valence-corrected chi connectivity index (χ1v) is 8.99. The van der Waals surface area contributed by atoms with Crippen LogP contribution in [-0.4, -0.2) is 24.1 Å². The number of para-hydroxylation sites is 2. The van der Waals surface area contributed by atoms with Crippen LogP contribution in [0.5, 0.6) is 0 Å². The van der Waals surface area contributed by atoms with Crippen molar-refractivity contribution < 1.29 is 0 Å². The van der Waals surface area contributed by atoms with Gasteiger partial charge in [-0.05, 0) is 18.6 Å². The summed E-state index contributed by atoms with van der Waals surface area (Å²) in [6, 6.07) is 8.30. The molecule has 0 N–H and O–H groups in total. The van der Waals surface area contributed by atoms with Crippen LogP contribution in [0.2, 0.25) is 0 Å². The Labute approximate surface area is 136 Å². The molecule has 1 aromatic carbocycles. The van der Waals surface area contributed by atoms with E-state index in [1.807, 2.05) is 19.2 Å². The number of aryl methyl sites for hydroxylation is 2. The number of thiazole rings is 1. The Bertz CT molecular complexity index is 949. The average molecular weight is 329 g/mol. The Hall–Kier alpha value is -1.86. The Morgan fingerprint density at radius 2 is 2.00 bits per heavy atom. The Balaban J connectivity index is 1.71. The summed E-state index contributed by atoms with van der Waals surface area (Å²) in [5.74, 6) is 1.69. The quantitative estimate of drug-likeness (QED) is 0.537. The fourth-order valence-electron chi connectivity index (χ4n) is 2.54. The van der Waals surface area contributed by atoms with Gasteiger partial charge in [0, 0.05) is 18.2 Å². The molecule has 0 bridgehead atoms. The monoisotopic (exact) mass is 329 g/mol. The van der Waals surface area contributed by atoms with E-state index in [1.54, 1.807) is 23.1 Å². The lowest BCUT2D eigenvalue weighted by molar-refractivity contribution is 0.935. The molecule has 112 valence electrons. The predicted molar refractivity (Wildman–Crippen MR) is 90.5 cm³/mol. The number of thioether (sulfide) groups is 1. The molecule has 0 amide bonds. The second kappa shape index (κ2) is 5.40. The number of imidazole rings is 1. The van der Waals surface area contributed by atoms with Crippen LogP contribution in [0.4, 0.5) is 0 Å². The Morgan fingerprint density at radius 3 is 2.77 bits per heavy atom. The van der Waals surface area contributed by atoms with Crippen LogP contribution >= 0.6 is 23.1 Å². The molecule has 4 aromatic rings. The lowest BCUT2D eigenvalue weighted by Gasteiger charge is -1.97. The molecule has 0 aliphatic carbocycles. The molecular weight excluding hydrogens is 314 g/mol. The smallest absolute Gasteiger partial charge is 0.236 e. The predicted octanol–water partition coefficient (Wildman–Crippen LogP) is 3.53. The van der Waals surface area contributed by atoms with E-state index in [1.165, 1.54) is 5.01 Å². The summed E-state index contributed by atoms with van der Waals surface area (Å²) >= 11 is 3.41. The van der Waals surface area contributed by atoms with Crippen LogP contribution in [0.3, 0.4) is 0 Å². The number of benzene rings is 1. The second-order valence-electron chi connectivity index (χ2n) is 5.04. The first-order valence-electron chi connectivity index (χ1n) is 7.12. The van der Waals surface area contributed by atoms with Gasteiger partial charge in [0.1, 0.15) is 0 Å². The molecule has 4 rings (SSSR count). The SMILES string of the molecule is CCc1nc(CSc2nnc3n(C)c4ccccc4n23)cs1. The normalized spacial score (nSPS) is 11.7. The first kappa shape index (κ1) is 13.8. The fraction of sp³-hybridized carbons (Fsp3) is 0.267. The van der Waals surface area contributed by atoms with Gasteiger partial charge in [-0.1, -0.05) is 30.8 Å². The standard InChI is InChI=1S/C15H15N5S2/c1-3-13-16-10(8-21-13)9-22-15-18-17-14-19(2)11-6-4-5-7-12(11)20(14)15/h4-8H,3,9H2,1-2H3. The van der Waals surface area contributed by atoms with Crippen molar-refractivity contribution in [3.8, 4) is 0 Å². The molecule has 0 fully saturated rings.